The number of hydrogen-bond donors (Lipinski definition) is 0. The van der Waals surface area contributed by atoms with Gasteiger partial charge in [-0.2, -0.15) is 0 Å². The van der Waals surface area contributed by atoms with Crippen molar-refractivity contribution < 1.29 is 4.74 Å². The smallest absolute Gasteiger partial charge is 0.232 e. The number of rotatable bonds is 5. The number of nitrogens with zero attached hydrogens (tertiary/aromatic N) is 6. The fourth-order valence-electron chi connectivity index (χ4n) is 3.52. The van der Waals surface area contributed by atoms with Gasteiger partial charge < -0.3 is 9.30 Å². The maximum Gasteiger partial charge on any atom is 0.232 e. The zero-order chi connectivity index (χ0) is 15.5. The molecule has 7 nitrogen and oxygen atoms in total. The maximum atomic E-state index is 5.77. The number of ether oxygens (including phenoxy) is 1. The van der Waals surface area contributed by atoms with Crippen molar-refractivity contribution in [2.45, 2.75) is 38.8 Å². The van der Waals surface area contributed by atoms with Gasteiger partial charge in [0.1, 0.15) is 11.6 Å². The van der Waals surface area contributed by atoms with Gasteiger partial charge in [0.25, 0.3) is 0 Å². The minimum Gasteiger partial charge on any atom is -0.476 e. The average Bonchev–Trinajstić information content (AvgIpc) is 3.20. The molecule has 0 radical (unpaired) electrons. The molecule has 23 heavy (non-hydrogen) atoms. The van der Waals surface area contributed by atoms with E-state index in [4.69, 9.17) is 4.74 Å². The summed E-state index contributed by atoms with van der Waals surface area (Å²) in [5.74, 6) is 3.42. The molecule has 4 heterocycles. The van der Waals surface area contributed by atoms with E-state index < -0.39 is 0 Å². The van der Waals surface area contributed by atoms with Gasteiger partial charge in [-0.1, -0.05) is 0 Å². The van der Waals surface area contributed by atoms with Crippen LogP contribution >= 0.6 is 0 Å². The Morgan fingerprint density at radius 2 is 2.17 bits per heavy atom. The fourth-order valence-corrected chi connectivity index (χ4v) is 3.52. The quantitative estimate of drug-likeness (QED) is 0.829. The number of hydrogen-bond acceptors (Lipinski definition) is 6. The first-order valence-corrected chi connectivity index (χ1v) is 8.40. The Kier molecular flexibility index (Phi) is 4.19. The van der Waals surface area contributed by atoms with Crippen LogP contribution in [0.4, 0.5) is 0 Å². The largest absolute Gasteiger partial charge is 0.476 e. The van der Waals surface area contributed by atoms with E-state index in [0.29, 0.717) is 18.4 Å². The highest BCUT2D eigenvalue weighted by Gasteiger charge is 2.24. The SMILES string of the molecule is c1cnc(OCC2CCCN(Cc3nnc4n3CCC4)C2)cn1. The Hall–Kier alpha value is -2.02. The Balaban J connectivity index is 1.32. The summed E-state index contributed by atoms with van der Waals surface area (Å²) in [6.07, 6.45) is 9.67. The van der Waals surface area contributed by atoms with Crippen LogP contribution < -0.4 is 4.74 Å². The van der Waals surface area contributed by atoms with Crippen LogP contribution in [0.15, 0.2) is 18.6 Å². The predicted molar refractivity (Wildman–Crippen MR) is 83.9 cm³/mol. The van der Waals surface area contributed by atoms with Gasteiger partial charge in [0.15, 0.2) is 0 Å². The second-order valence-electron chi connectivity index (χ2n) is 6.39. The molecule has 1 saturated heterocycles. The number of piperidine rings is 1. The molecule has 2 aromatic heterocycles. The van der Waals surface area contributed by atoms with Crippen LogP contribution in [0.1, 0.15) is 30.9 Å². The van der Waals surface area contributed by atoms with Gasteiger partial charge in [-0.05, 0) is 25.8 Å². The van der Waals surface area contributed by atoms with Crippen molar-refractivity contribution in [1.29, 1.82) is 0 Å². The summed E-state index contributed by atoms with van der Waals surface area (Å²) in [5, 5.41) is 8.68. The lowest BCUT2D eigenvalue weighted by Gasteiger charge is -2.32. The van der Waals surface area contributed by atoms with E-state index >= 15 is 0 Å². The van der Waals surface area contributed by atoms with Gasteiger partial charge >= 0.3 is 0 Å². The molecule has 1 fully saturated rings. The monoisotopic (exact) mass is 314 g/mol. The minimum atomic E-state index is 0.534. The van der Waals surface area contributed by atoms with Gasteiger partial charge in [-0.25, -0.2) is 4.98 Å². The lowest BCUT2D eigenvalue weighted by molar-refractivity contribution is 0.120. The molecule has 0 spiro atoms. The van der Waals surface area contributed by atoms with Crippen molar-refractivity contribution in [2.24, 2.45) is 5.92 Å². The summed E-state index contributed by atoms with van der Waals surface area (Å²) >= 11 is 0. The molecule has 0 bridgehead atoms. The average molecular weight is 314 g/mol. The Bertz CT molecular complexity index is 643. The molecule has 2 aliphatic heterocycles. The third kappa shape index (κ3) is 3.34. The molecule has 0 amide bonds. The zero-order valence-corrected chi connectivity index (χ0v) is 13.3. The first-order chi connectivity index (χ1) is 11.4. The molecular weight excluding hydrogens is 292 g/mol. The van der Waals surface area contributed by atoms with Crippen molar-refractivity contribution in [1.82, 2.24) is 29.6 Å². The number of aryl methyl sites for hydroxylation is 1. The Morgan fingerprint density at radius 3 is 3.09 bits per heavy atom. The second kappa shape index (κ2) is 6.62. The van der Waals surface area contributed by atoms with Crippen molar-refractivity contribution in [3.05, 3.63) is 30.2 Å². The van der Waals surface area contributed by atoms with Crippen LogP contribution in [0, 0.1) is 5.92 Å². The molecule has 122 valence electrons. The highest BCUT2D eigenvalue weighted by atomic mass is 16.5. The Labute approximate surface area is 135 Å². The first kappa shape index (κ1) is 14.6. The molecule has 0 aliphatic carbocycles. The highest BCUT2D eigenvalue weighted by molar-refractivity contribution is 5.02. The van der Waals surface area contributed by atoms with Crippen molar-refractivity contribution in [2.75, 3.05) is 19.7 Å². The van der Waals surface area contributed by atoms with Gasteiger partial charge in [-0.3, -0.25) is 9.88 Å². The summed E-state index contributed by atoms with van der Waals surface area (Å²) < 4.78 is 8.06. The van der Waals surface area contributed by atoms with Gasteiger partial charge in [0.2, 0.25) is 5.88 Å². The van der Waals surface area contributed by atoms with Crippen molar-refractivity contribution in [3.63, 3.8) is 0 Å². The third-order valence-corrected chi connectivity index (χ3v) is 4.66. The lowest BCUT2D eigenvalue weighted by atomic mass is 9.99. The van der Waals surface area contributed by atoms with E-state index in [1.807, 2.05) is 0 Å². The van der Waals surface area contributed by atoms with Crippen LogP contribution in [-0.4, -0.2) is 49.3 Å². The molecule has 0 aromatic carbocycles. The molecule has 7 heteroatoms. The summed E-state index contributed by atoms with van der Waals surface area (Å²) in [4.78, 5) is 10.7. The molecule has 1 atom stereocenters. The van der Waals surface area contributed by atoms with Crippen LogP contribution in [0.3, 0.4) is 0 Å². The van der Waals surface area contributed by atoms with Gasteiger partial charge in [0.05, 0.1) is 19.3 Å². The van der Waals surface area contributed by atoms with Crippen LogP contribution in [0.25, 0.3) is 0 Å². The topological polar surface area (TPSA) is 69.0 Å². The predicted octanol–water partition coefficient (Wildman–Crippen LogP) is 1.31. The number of likely N-dealkylation sites (tertiary alicyclic amines) is 1. The highest BCUT2D eigenvalue weighted by Crippen LogP contribution is 2.21. The number of aromatic nitrogens is 5. The first-order valence-electron chi connectivity index (χ1n) is 8.40. The summed E-state index contributed by atoms with van der Waals surface area (Å²) in [6.45, 7) is 4.85. The van der Waals surface area contributed by atoms with Crippen molar-refractivity contribution in [3.8, 4) is 5.88 Å². The van der Waals surface area contributed by atoms with Crippen LogP contribution in [0.2, 0.25) is 0 Å². The van der Waals surface area contributed by atoms with Gasteiger partial charge in [0, 0.05) is 37.8 Å². The fraction of sp³-hybridized carbons (Fsp3) is 0.625. The van der Waals surface area contributed by atoms with Gasteiger partial charge in [-0.15, -0.1) is 10.2 Å². The molecule has 2 aliphatic rings. The molecule has 2 aromatic rings. The van der Waals surface area contributed by atoms with E-state index in [1.54, 1.807) is 18.6 Å². The van der Waals surface area contributed by atoms with E-state index in [1.165, 1.54) is 19.3 Å². The van der Waals surface area contributed by atoms with Crippen LogP contribution in [0.5, 0.6) is 5.88 Å². The zero-order valence-electron chi connectivity index (χ0n) is 13.3. The maximum absolute atomic E-state index is 5.77. The molecular formula is C16H22N6O. The normalized spacial score (nSPS) is 21.3. The van der Waals surface area contributed by atoms with E-state index in [9.17, 15) is 0 Å². The van der Waals surface area contributed by atoms with Crippen LogP contribution in [-0.2, 0) is 19.5 Å². The van der Waals surface area contributed by atoms with E-state index in [-0.39, 0.29) is 0 Å². The summed E-state index contributed by atoms with van der Waals surface area (Å²) in [7, 11) is 0. The minimum absolute atomic E-state index is 0.534. The van der Waals surface area contributed by atoms with E-state index in [2.05, 4.69) is 29.6 Å². The number of fused-ring (bicyclic) bond motifs is 1. The lowest BCUT2D eigenvalue weighted by Crippen LogP contribution is -2.37. The molecule has 0 saturated carbocycles. The van der Waals surface area contributed by atoms with E-state index in [0.717, 1.165) is 44.2 Å². The standard InChI is InChI=1S/C16H22N6O/c1-3-13(12-23-16-9-17-5-6-18-16)10-21(7-1)11-15-20-19-14-4-2-8-22(14)15/h5-6,9,13H,1-4,7-8,10-12H2. The second-order valence-corrected chi connectivity index (χ2v) is 6.39. The Morgan fingerprint density at radius 1 is 1.17 bits per heavy atom. The summed E-state index contributed by atoms with van der Waals surface area (Å²) in [5.41, 5.74) is 0. The molecule has 1 unspecified atom stereocenters. The molecule has 4 rings (SSSR count). The van der Waals surface area contributed by atoms with Crippen molar-refractivity contribution >= 4 is 0 Å². The molecule has 0 N–H and O–H groups in total. The third-order valence-electron chi connectivity index (χ3n) is 4.66. The summed E-state index contributed by atoms with van der Waals surface area (Å²) in [6, 6.07) is 0.